The first-order valence-corrected chi connectivity index (χ1v) is 6.96. The molecule has 3 aromatic rings. The average Bonchev–Trinajstić information content (AvgIpc) is 2.93. The van der Waals surface area contributed by atoms with Crippen LogP contribution in [0.4, 0.5) is 0 Å². The van der Waals surface area contributed by atoms with Crippen LogP contribution in [0.1, 0.15) is 23.0 Å². The second kappa shape index (κ2) is 5.52. The van der Waals surface area contributed by atoms with E-state index in [9.17, 15) is 9.90 Å². The van der Waals surface area contributed by atoms with Crippen LogP contribution >= 0.6 is 0 Å². The topological polar surface area (TPSA) is 72.6 Å². The number of fused-ring (bicyclic) bond motifs is 1. The normalized spacial score (nSPS) is 10.8. The Hall–Kier alpha value is -2.82. The highest BCUT2D eigenvalue weighted by Gasteiger charge is 2.15. The Morgan fingerprint density at radius 3 is 2.73 bits per heavy atom. The zero-order valence-electron chi connectivity index (χ0n) is 12.3. The highest BCUT2D eigenvalue weighted by Crippen LogP contribution is 2.28. The minimum absolute atomic E-state index is 0.176. The number of rotatable bonds is 4. The van der Waals surface area contributed by atoms with Crippen LogP contribution in [0.3, 0.4) is 0 Å². The predicted molar refractivity (Wildman–Crippen MR) is 82.3 cm³/mol. The molecular weight excluding hydrogens is 282 g/mol. The molecule has 0 aliphatic carbocycles. The van der Waals surface area contributed by atoms with Gasteiger partial charge < -0.3 is 14.3 Å². The van der Waals surface area contributed by atoms with Crippen molar-refractivity contribution in [2.45, 2.75) is 13.8 Å². The number of carboxylic acids is 1. The van der Waals surface area contributed by atoms with E-state index in [4.69, 9.17) is 9.15 Å². The van der Waals surface area contributed by atoms with Crippen LogP contribution in [0.2, 0.25) is 0 Å². The summed E-state index contributed by atoms with van der Waals surface area (Å²) in [6.45, 7) is 4.23. The van der Waals surface area contributed by atoms with Gasteiger partial charge in [0.05, 0.1) is 17.7 Å². The Morgan fingerprint density at radius 2 is 2.09 bits per heavy atom. The molecule has 5 nitrogen and oxygen atoms in total. The van der Waals surface area contributed by atoms with Crippen LogP contribution in [0.25, 0.3) is 22.4 Å². The molecule has 0 bridgehead atoms. The summed E-state index contributed by atoms with van der Waals surface area (Å²) in [6, 6.07) is 10.4. The SMILES string of the molecule is CCOc1ccc2nc(-c3ccc(C)o3)cc(C(=O)O)c2c1. The highest BCUT2D eigenvalue weighted by molar-refractivity contribution is 6.04. The summed E-state index contributed by atoms with van der Waals surface area (Å²) < 4.78 is 11.0. The van der Waals surface area contributed by atoms with Gasteiger partial charge in [-0.15, -0.1) is 0 Å². The molecule has 0 aliphatic heterocycles. The fraction of sp³-hybridized carbons (Fsp3) is 0.176. The molecule has 22 heavy (non-hydrogen) atoms. The number of benzene rings is 1. The number of ether oxygens (including phenoxy) is 1. The van der Waals surface area contributed by atoms with E-state index < -0.39 is 5.97 Å². The summed E-state index contributed by atoms with van der Waals surface area (Å²) in [5.41, 5.74) is 1.27. The lowest BCUT2D eigenvalue weighted by atomic mass is 10.1. The Labute approximate surface area is 127 Å². The van der Waals surface area contributed by atoms with E-state index in [2.05, 4.69) is 4.98 Å². The molecule has 1 N–H and O–H groups in total. The minimum atomic E-state index is -1.01. The standard InChI is InChI=1S/C17H15NO4/c1-3-21-11-5-6-14-12(8-11)13(17(19)20)9-15(18-14)16-7-4-10(2)22-16/h4-9H,3H2,1-2H3,(H,19,20). The summed E-state index contributed by atoms with van der Waals surface area (Å²) in [5.74, 6) is 0.919. The van der Waals surface area contributed by atoms with Crippen LogP contribution in [0.5, 0.6) is 5.75 Å². The Kier molecular flexibility index (Phi) is 3.55. The molecule has 3 rings (SSSR count). The van der Waals surface area contributed by atoms with Gasteiger partial charge in [0.25, 0.3) is 0 Å². The molecule has 2 heterocycles. The number of hydrogen-bond donors (Lipinski definition) is 1. The van der Waals surface area contributed by atoms with Crippen molar-refractivity contribution < 1.29 is 19.1 Å². The molecule has 0 saturated heterocycles. The van der Waals surface area contributed by atoms with Crippen molar-refractivity contribution in [2.75, 3.05) is 6.61 Å². The van der Waals surface area contributed by atoms with Gasteiger partial charge in [0.1, 0.15) is 17.2 Å². The summed E-state index contributed by atoms with van der Waals surface area (Å²) in [5, 5.41) is 10.0. The van der Waals surface area contributed by atoms with Crippen LogP contribution in [-0.2, 0) is 0 Å². The van der Waals surface area contributed by atoms with Crippen molar-refractivity contribution in [2.24, 2.45) is 0 Å². The molecule has 0 aliphatic rings. The van der Waals surface area contributed by atoms with Crippen LogP contribution < -0.4 is 4.74 Å². The zero-order chi connectivity index (χ0) is 15.7. The van der Waals surface area contributed by atoms with Gasteiger partial charge in [-0.2, -0.15) is 0 Å². The van der Waals surface area contributed by atoms with E-state index in [0.29, 0.717) is 34.7 Å². The van der Waals surface area contributed by atoms with Gasteiger partial charge in [-0.05, 0) is 50.2 Å². The Morgan fingerprint density at radius 1 is 1.27 bits per heavy atom. The maximum Gasteiger partial charge on any atom is 0.336 e. The van der Waals surface area contributed by atoms with Gasteiger partial charge in [-0.3, -0.25) is 0 Å². The lowest BCUT2D eigenvalue weighted by molar-refractivity contribution is 0.0699. The monoisotopic (exact) mass is 297 g/mol. The van der Waals surface area contributed by atoms with E-state index in [0.717, 1.165) is 5.76 Å². The number of pyridine rings is 1. The molecule has 0 saturated carbocycles. The fourth-order valence-corrected chi connectivity index (χ4v) is 2.34. The number of aryl methyl sites for hydroxylation is 1. The van der Waals surface area contributed by atoms with Crippen molar-refractivity contribution in [1.29, 1.82) is 0 Å². The van der Waals surface area contributed by atoms with Crippen LogP contribution in [0, 0.1) is 6.92 Å². The first-order valence-electron chi connectivity index (χ1n) is 6.96. The van der Waals surface area contributed by atoms with Gasteiger partial charge in [0.15, 0.2) is 5.76 Å². The van der Waals surface area contributed by atoms with Crippen molar-refractivity contribution in [3.63, 3.8) is 0 Å². The number of nitrogens with zero attached hydrogens (tertiary/aromatic N) is 1. The van der Waals surface area contributed by atoms with Crippen LogP contribution in [-0.4, -0.2) is 22.7 Å². The maximum atomic E-state index is 11.6. The summed E-state index contributed by atoms with van der Waals surface area (Å²) in [6.07, 6.45) is 0. The largest absolute Gasteiger partial charge is 0.494 e. The van der Waals surface area contributed by atoms with Crippen LogP contribution in [0.15, 0.2) is 40.8 Å². The van der Waals surface area contributed by atoms with E-state index in [1.807, 2.05) is 19.9 Å². The second-order valence-corrected chi connectivity index (χ2v) is 4.88. The molecule has 0 radical (unpaired) electrons. The molecule has 0 atom stereocenters. The number of aromatic carboxylic acids is 1. The molecule has 0 fully saturated rings. The lowest BCUT2D eigenvalue weighted by Crippen LogP contribution is -2.01. The fourth-order valence-electron chi connectivity index (χ4n) is 2.34. The second-order valence-electron chi connectivity index (χ2n) is 4.88. The maximum absolute atomic E-state index is 11.6. The molecule has 0 unspecified atom stereocenters. The van der Waals surface area contributed by atoms with Gasteiger partial charge in [-0.25, -0.2) is 9.78 Å². The first-order chi connectivity index (χ1) is 10.6. The molecule has 112 valence electrons. The van der Waals surface area contributed by atoms with Crippen molar-refractivity contribution >= 4 is 16.9 Å². The van der Waals surface area contributed by atoms with Crippen molar-refractivity contribution in [1.82, 2.24) is 4.98 Å². The quantitative estimate of drug-likeness (QED) is 0.790. The van der Waals surface area contributed by atoms with Crippen molar-refractivity contribution in [3.8, 4) is 17.2 Å². The molecule has 0 amide bonds. The molecule has 1 aromatic carbocycles. The van der Waals surface area contributed by atoms with Crippen molar-refractivity contribution in [3.05, 3.63) is 47.7 Å². The van der Waals surface area contributed by atoms with Gasteiger partial charge >= 0.3 is 5.97 Å². The van der Waals surface area contributed by atoms with E-state index in [1.165, 1.54) is 6.07 Å². The Balaban J connectivity index is 2.22. The lowest BCUT2D eigenvalue weighted by Gasteiger charge is -2.08. The third kappa shape index (κ3) is 2.53. The third-order valence-corrected chi connectivity index (χ3v) is 3.31. The number of aromatic nitrogens is 1. The third-order valence-electron chi connectivity index (χ3n) is 3.31. The summed E-state index contributed by atoms with van der Waals surface area (Å²) in [7, 11) is 0. The van der Waals surface area contributed by atoms with Gasteiger partial charge in [0.2, 0.25) is 0 Å². The summed E-state index contributed by atoms with van der Waals surface area (Å²) in [4.78, 5) is 16.1. The van der Waals surface area contributed by atoms with E-state index in [1.54, 1.807) is 24.3 Å². The zero-order valence-corrected chi connectivity index (χ0v) is 12.3. The number of carbonyl (C=O) groups is 1. The molecule has 5 heteroatoms. The van der Waals surface area contributed by atoms with Gasteiger partial charge in [-0.1, -0.05) is 0 Å². The smallest absolute Gasteiger partial charge is 0.336 e. The number of hydrogen-bond acceptors (Lipinski definition) is 4. The first kappa shape index (κ1) is 14.1. The van der Waals surface area contributed by atoms with Gasteiger partial charge in [0, 0.05) is 5.39 Å². The minimum Gasteiger partial charge on any atom is -0.494 e. The number of furan rings is 1. The highest BCUT2D eigenvalue weighted by atomic mass is 16.5. The average molecular weight is 297 g/mol. The number of carboxylic acid groups (broad SMARTS) is 1. The van der Waals surface area contributed by atoms with E-state index in [-0.39, 0.29) is 5.56 Å². The molecule has 2 aromatic heterocycles. The predicted octanol–water partition coefficient (Wildman–Crippen LogP) is 3.90. The summed E-state index contributed by atoms with van der Waals surface area (Å²) >= 11 is 0. The molecule has 0 spiro atoms. The Bertz CT molecular complexity index is 851. The van der Waals surface area contributed by atoms with E-state index >= 15 is 0 Å². The molecular formula is C17H15NO4.